The predicted molar refractivity (Wildman–Crippen MR) is 126 cm³/mol. The third-order valence-electron chi connectivity index (χ3n) is 4.92. The smallest absolute Gasteiger partial charge is 0.497 e. The van der Waals surface area contributed by atoms with E-state index in [1.165, 1.54) is 36.7 Å². The van der Waals surface area contributed by atoms with Crippen molar-refractivity contribution < 1.29 is 26.3 Å². The molecule has 0 unspecified atom stereocenters. The van der Waals surface area contributed by atoms with Gasteiger partial charge in [-0.25, -0.2) is 18.4 Å². The summed E-state index contributed by atoms with van der Waals surface area (Å²) in [5.41, 5.74) is 1.25. The van der Waals surface area contributed by atoms with Gasteiger partial charge in [-0.3, -0.25) is 0 Å². The van der Waals surface area contributed by atoms with Gasteiger partial charge in [0, 0.05) is 17.3 Å². The molecule has 0 saturated heterocycles. The quantitative estimate of drug-likeness (QED) is 0.332. The first kappa shape index (κ1) is 24.0. The molecule has 11 heteroatoms. The van der Waals surface area contributed by atoms with E-state index in [9.17, 15) is 21.6 Å². The van der Waals surface area contributed by atoms with Crippen LogP contribution in [-0.4, -0.2) is 31.8 Å². The number of benzene rings is 3. The molecule has 35 heavy (non-hydrogen) atoms. The summed E-state index contributed by atoms with van der Waals surface area (Å²) < 4.78 is 71.5. The van der Waals surface area contributed by atoms with Crippen LogP contribution in [0, 0.1) is 0 Å². The second kappa shape index (κ2) is 9.63. The summed E-state index contributed by atoms with van der Waals surface area (Å²) in [5, 5.41) is 2.99. The first-order chi connectivity index (χ1) is 16.7. The molecule has 0 saturated carbocycles. The molecule has 7 nitrogen and oxygen atoms in total. The minimum atomic E-state index is -5.16. The number of rotatable bonds is 7. The monoisotopic (exact) mass is 500 g/mol. The van der Waals surface area contributed by atoms with Gasteiger partial charge < -0.3 is 10.1 Å². The number of nitrogens with zero attached hydrogens (tertiary/aromatic N) is 3. The minimum Gasteiger partial charge on any atom is -0.497 e. The first-order valence-electron chi connectivity index (χ1n) is 10.2. The summed E-state index contributed by atoms with van der Waals surface area (Å²) >= 11 is 0. The summed E-state index contributed by atoms with van der Waals surface area (Å²) in [6, 6.07) is 20.2. The van der Waals surface area contributed by atoms with Crippen LogP contribution in [-0.2, 0) is 10.0 Å². The van der Waals surface area contributed by atoms with Crippen LogP contribution in [0.15, 0.2) is 96.2 Å². The first-order valence-corrected chi connectivity index (χ1v) is 11.6. The van der Waals surface area contributed by atoms with E-state index in [1.807, 2.05) is 12.1 Å². The zero-order chi connectivity index (χ0) is 25.1. The fourth-order valence-corrected chi connectivity index (χ4v) is 4.70. The van der Waals surface area contributed by atoms with Crippen molar-refractivity contribution in [3.8, 4) is 17.0 Å². The molecule has 0 amide bonds. The third kappa shape index (κ3) is 5.35. The Bertz CT molecular complexity index is 1410. The Labute approximate surface area is 199 Å². The Kier molecular flexibility index (Phi) is 6.61. The average molecular weight is 501 g/mol. The molecule has 0 radical (unpaired) electrons. The van der Waals surface area contributed by atoms with Crippen LogP contribution in [0.3, 0.4) is 0 Å². The molecule has 0 aliphatic rings. The highest BCUT2D eigenvalue weighted by atomic mass is 32.2. The van der Waals surface area contributed by atoms with Crippen LogP contribution in [0.5, 0.6) is 5.75 Å². The second-order valence-corrected chi connectivity index (χ2v) is 9.03. The van der Waals surface area contributed by atoms with Gasteiger partial charge >= 0.3 is 6.30 Å². The molecule has 0 atom stereocenters. The number of nitrogens with one attached hydrogen (secondary N) is 1. The van der Waals surface area contributed by atoms with Crippen molar-refractivity contribution in [3.63, 3.8) is 0 Å². The largest absolute Gasteiger partial charge is 0.498 e. The molecule has 0 aliphatic heterocycles. The van der Waals surface area contributed by atoms with Crippen molar-refractivity contribution in [1.29, 1.82) is 0 Å². The number of anilines is 3. The Balaban J connectivity index is 1.60. The normalized spacial score (nSPS) is 11.7. The van der Waals surface area contributed by atoms with Crippen LogP contribution in [0.2, 0.25) is 0 Å². The van der Waals surface area contributed by atoms with Crippen molar-refractivity contribution >= 4 is 27.2 Å². The molecule has 3 aromatic carbocycles. The Morgan fingerprint density at radius 3 is 2.26 bits per heavy atom. The zero-order valence-electron chi connectivity index (χ0n) is 18.3. The molecule has 1 heterocycles. The third-order valence-corrected chi connectivity index (χ3v) is 6.68. The molecular weight excluding hydrogens is 481 g/mol. The number of hydrogen-bond acceptors (Lipinski definition) is 6. The van der Waals surface area contributed by atoms with Crippen molar-refractivity contribution in [2.75, 3.05) is 16.7 Å². The predicted octanol–water partition coefficient (Wildman–Crippen LogP) is 5.61. The number of sulfonamides is 1. The lowest BCUT2D eigenvalue weighted by Crippen LogP contribution is -2.42. The second-order valence-electron chi connectivity index (χ2n) is 7.24. The van der Waals surface area contributed by atoms with E-state index >= 15 is 0 Å². The Hall–Kier alpha value is -4.12. The number of alkyl halides is 3. The number of methoxy groups -OCH3 is 1. The molecule has 0 aliphatic carbocycles. The zero-order valence-corrected chi connectivity index (χ0v) is 19.1. The number of aromatic nitrogens is 2. The lowest BCUT2D eigenvalue weighted by atomic mass is 10.1. The molecular formula is C24H19F3N4O3S. The molecule has 0 fully saturated rings. The van der Waals surface area contributed by atoms with Gasteiger partial charge in [0.15, 0.2) is 0 Å². The van der Waals surface area contributed by atoms with Crippen LogP contribution in [0.1, 0.15) is 0 Å². The molecule has 1 aromatic heterocycles. The summed E-state index contributed by atoms with van der Waals surface area (Å²) in [4.78, 5) is 7.91. The minimum absolute atomic E-state index is 0.398. The van der Waals surface area contributed by atoms with Gasteiger partial charge in [-0.2, -0.15) is 4.31 Å². The maximum absolute atomic E-state index is 13.8. The van der Waals surface area contributed by atoms with Gasteiger partial charge in [-0.05, 0) is 48.5 Å². The number of hydrogen-bond donors (Lipinski definition) is 1. The summed E-state index contributed by atoms with van der Waals surface area (Å²) in [6.45, 7) is 0. The van der Waals surface area contributed by atoms with E-state index < -0.39 is 31.2 Å². The molecule has 1 N–H and O–H groups in total. The van der Waals surface area contributed by atoms with E-state index in [0.717, 1.165) is 29.8 Å². The molecule has 0 bridgehead atoms. The van der Waals surface area contributed by atoms with Gasteiger partial charge in [-0.1, -0.05) is 30.3 Å². The molecule has 4 rings (SSSR count). The average Bonchev–Trinajstić information content (AvgIpc) is 2.85. The van der Waals surface area contributed by atoms with E-state index in [-0.39, 0.29) is 0 Å². The number of ether oxygens (including phenoxy) is 1. The van der Waals surface area contributed by atoms with Gasteiger partial charge in [0.1, 0.15) is 17.9 Å². The highest BCUT2D eigenvalue weighted by molar-refractivity contribution is 7.92. The van der Waals surface area contributed by atoms with Crippen LogP contribution in [0.4, 0.5) is 30.4 Å². The molecule has 0 spiro atoms. The Morgan fingerprint density at radius 1 is 0.886 bits per heavy atom. The van der Waals surface area contributed by atoms with E-state index in [2.05, 4.69) is 15.3 Å². The SMILES string of the molecule is COc1cccc(-c2cc(Nc3ccc(N(C(F)(F)F)S(=O)(=O)c4ccccc4)cc3)ncn2)c1. The van der Waals surface area contributed by atoms with E-state index in [1.54, 1.807) is 25.3 Å². The molecule has 180 valence electrons. The van der Waals surface area contributed by atoms with Gasteiger partial charge in [0.25, 0.3) is 10.0 Å². The standard InChI is InChI=1S/C24H19F3N4O3S/c1-34-20-7-5-6-17(14-20)22-15-23(29-16-28-22)30-18-10-12-19(13-11-18)31(24(25,26)27)35(32,33)21-8-3-2-4-9-21/h2-16H,1H3,(H,28,29,30). The van der Waals surface area contributed by atoms with Gasteiger partial charge in [-0.15, -0.1) is 13.2 Å². The van der Waals surface area contributed by atoms with Crippen LogP contribution >= 0.6 is 0 Å². The summed E-state index contributed by atoms with van der Waals surface area (Å²) in [6.07, 6.45) is -3.81. The lowest BCUT2D eigenvalue weighted by Gasteiger charge is -2.26. The van der Waals surface area contributed by atoms with Crippen molar-refractivity contribution in [1.82, 2.24) is 9.97 Å². The van der Waals surface area contributed by atoms with Crippen LogP contribution in [0.25, 0.3) is 11.3 Å². The van der Waals surface area contributed by atoms with Crippen molar-refractivity contribution in [3.05, 3.63) is 91.3 Å². The van der Waals surface area contributed by atoms with E-state index in [0.29, 0.717) is 22.9 Å². The maximum atomic E-state index is 13.8. The highest BCUT2D eigenvalue weighted by Crippen LogP contribution is 2.35. The topological polar surface area (TPSA) is 84.4 Å². The van der Waals surface area contributed by atoms with Crippen molar-refractivity contribution in [2.45, 2.75) is 11.2 Å². The maximum Gasteiger partial charge on any atom is 0.498 e. The fourth-order valence-electron chi connectivity index (χ4n) is 3.31. The lowest BCUT2D eigenvalue weighted by molar-refractivity contribution is -0.115. The summed E-state index contributed by atoms with van der Waals surface area (Å²) in [7, 11) is -3.31. The van der Waals surface area contributed by atoms with Gasteiger partial charge in [0.05, 0.1) is 23.4 Å². The highest BCUT2D eigenvalue weighted by Gasteiger charge is 2.46. The molecule has 4 aromatic rings. The van der Waals surface area contributed by atoms with E-state index in [4.69, 9.17) is 4.74 Å². The van der Waals surface area contributed by atoms with Gasteiger partial charge in [0.2, 0.25) is 0 Å². The Morgan fingerprint density at radius 2 is 1.60 bits per heavy atom. The number of halogens is 3. The summed E-state index contributed by atoms with van der Waals surface area (Å²) in [5.74, 6) is 1.06. The van der Waals surface area contributed by atoms with Crippen LogP contribution < -0.4 is 14.4 Å². The van der Waals surface area contributed by atoms with Crippen molar-refractivity contribution in [2.24, 2.45) is 0 Å². The fraction of sp³-hybridized carbons (Fsp3) is 0.0833.